The highest BCUT2D eigenvalue weighted by atomic mass is 35.5. The Morgan fingerprint density at radius 2 is 2.14 bits per heavy atom. The number of carbonyl (C=O) groups is 1. The van der Waals surface area contributed by atoms with Gasteiger partial charge in [-0.2, -0.15) is 0 Å². The van der Waals surface area contributed by atoms with Gasteiger partial charge in [0.15, 0.2) is 5.13 Å². The fraction of sp³-hybridized carbons (Fsp3) is 0.286. The van der Waals surface area contributed by atoms with Gasteiger partial charge in [0.05, 0.1) is 22.0 Å². The van der Waals surface area contributed by atoms with E-state index in [0.717, 1.165) is 25.0 Å². The molecule has 1 aliphatic carbocycles. The molecule has 110 valence electrons. The normalized spacial score (nSPS) is 13.8. The number of rotatable bonds is 3. The van der Waals surface area contributed by atoms with Crippen molar-refractivity contribution in [1.29, 1.82) is 0 Å². The van der Waals surface area contributed by atoms with Crippen molar-refractivity contribution in [1.82, 2.24) is 4.98 Å². The second-order valence-electron chi connectivity index (χ2n) is 4.95. The number of hydrogen-bond donors (Lipinski definition) is 3. The number of aromatic nitrogens is 1. The summed E-state index contributed by atoms with van der Waals surface area (Å²) in [6, 6.07) is 2.92. The summed E-state index contributed by atoms with van der Waals surface area (Å²) in [4.78, 5) is 17.1. The van der Waals surface area contributed by atoms with Crippen molar-refractivity contribution >= 4 is 45.4 Å². The lowest BCUT2D eigenvalue weighted by Crippen LogP contribution is -2.05. The lowest BCUT2D eigenvalue weighted by molar-refractivity contribution is 0.0698. The van der Waals surface area contributed by atoms with Gasteiger partial charge in [-0.25, -0.2) is 9.78 Å². The topological polar surface area (TPSA) is 88.2 Å². The van der Waals surface area contributed by atoms with E-state index in [4.69, 9.17) is 17.3 Å². The van der Waals surface area contributed by atoms with Gasteiger partial charge in [0.2, 0.25) is 0 Å². The van der Waals surface area contributed by atoms with Crippen molar-refractivity contribution in [2.75, 3.05) is 11.1 Å². The zero-order chi connectivity index (χ0) is 15.0. The SMILES string of the molecule is Nc1cc(Cl)c(Nc2nc3c(s2)CCCC3)c(C(=O)O)c1. The Kier molecular flexibility index (Phi) is 3.73. The van der Waals surface area contributed by atoms with E-state index in [9.17, 15) is 9.90 Å². The summed E-state index contributed by atoms with van der Waals surface area (Å²) >= 11 is 7.68. The van der Waals surface area contributed by atoms with E-state index in [1.165, 1.54) is 23.4 Å². The quantitative estimate of drug-likeness (QED) is 0.749. The third-order valence-corrected chi connectivity index (χ3v) is 4.79. The van der Waals surface area contributed by atoms with E-state index in [1.807, 2.05) is 0 Å². The zero-order valence-electron chi connectivity index (χ0n) is 11.1. The highest BCUT2D eigenvalue weighted by Gasteiger charge is 2.19. The molecule has 1 heterocycles. The van der Waals surface area contributed by atoms with Gasteiger partial charge in [-0.1, -0.05) is 11.6 Å². The first-order valence-corrected chi connectivity index (χ1v) is 7.82. The molecule has 0 fully saturated rings. The first kappa shape index (κ1) is 14.2. The number of thiazole rings is 1. The fourth-order valence-electron chi connectivity index (χ4n) is 2.44. The molecule has 7 heteroatoms. The molecular formula is C14H14ClN3O2S. The summed E-state index contributed by atoms with van der Waals surface area (Å²) in [6.45, 7) is 0. The van der Waals surface area contributed by atoms with Crippen LogP contribution in [-0.2, 0) is 12.8 Å². The first-order chi connectivity index (χ1) is 10.0. The molecule has 0 saturated carbocycles. The maximum Gasteiger partial charge on any atom is 0.337 e. The molecule has 5 nitrogen and oxygen atoms in total. The van der Waals surface area contributed by atoms with E-state index >= 15 is 0 Å². The Morgan fingerprint density at radius 1 is 1.38 bits per heavy atom. The summed E-state index contributed by atoms with van der Waals surface area (Å²) in [6.07, 6.45) is 4.35. The number of nitrogens with two attached hydrogens (primary N) is 1. The van der Waals surface area contributed by atoms with Crippen LogP contribution < -0.4 is 11.1 Å². The molecule has 0 aliphatic heterocycles. The van der Waals surface area contributed by atoms with Gasteiger partial charge in [-0.05, 0) is 37.8 Å². The fourth-order valence-corrected chi connectivity index (χ4v) is 3.77. The number of hydrogen-bond acceptors (Lipinski definition) is 5. The maximum atomic E-state index is 11.3. The first-order valence-electron chi connectivity index (χ1n) is 6.62. The van der Waals surface area contributed by atoms with E-state index in [1.54, 1.807) is 11.3 Å². The van der Waals surface area contributed by atoms with Crippen LogP contribution >= 0.6 is 22.9 Å². The highest BCUT2D eigenvalue weighted by Crippen LogP contribution is 2.35. The third kappa shape index (κ3) is 2.82. The molecule has 4 N–H and O–H groups in total. The number of anilines is 3. The average molecular weight is 324 g/mol. The number of nitrogens with one attached hydrogen (secondary N) is 1. The van der Waals surface area contributed by atoms with Gasteiger partial charge in [0, 0.05) is 10.6 Å². The van der Waals surface area contributed by atoms with Gasteiger partial charge < -0.3 is 16.2 Å². The van der Waals surface area contributed by atoms with Crippen molar-refractivity contribution in [3.8, 4) is 0 Å². The van der Waals surface area contributed by atoms with Crippen LogP contribution in [0.2, 0.25) is 5.02 Å². The standard InChI is InChI=1S/C14H14ClN3O2S/c15-9-6-7(16)5-8(13(19)20)12(9)18-14-17-10-3-1-2-4-11(10)21-14/h5-6H,1-4,16H2,(H,17,18)(H,19,20). The second-order valence-corrected chi connectivity index (χ2v) is 6.44. The van der Waals surface area contributed by atoms with Crippen LogP contribution in [0, 0.1) is 0 Å². The van der Waals surface area contributed by atoms with Gasteiger partial charge in [0.1, 0.15) is 0 Å². The Labute approximate surface area is 130 Å². The molecule has 0 amide bonds. The van der Waals surface area contributed by atoms with Crippen molar-refractivity contribution < 1.29 is 9.90 Å². The molecule has 0 radical (unpaired) electrons. The number of nitrogens with zero attached hydrogens (tertiary/aromatic N) is 1. The van der Waals surface area contributed by atoms with Crippen LogP contribution in [0.4, 0.5) is 16.5 Å². The number of halogens is 1. The molecule has 2 aromatic rings. The zero-order valence-corrected chi connectivity index (χ0v) is 12.7. The molecule has 1 aliphatic rings. The number of nitrogen functional groups attached to an aromatic ring is 1. The van der Waals surface area contributed by atoms with E-state index < -0.39 is 5.97 Å². The van der Waals surface area contributed by atoms with Crippen molar-refractivity contribution in [2.24, 2.45) is 0 Å². The largest absolute Gasteiger partial charge is 0.478 e. The van der Waals surface area contributed by atoms with Crippen LogP contribution in [0.5, 0.6) is 0 Å². The van der Waals surface area contributed by atoms with Crippen LogP contribution in [0.3, 0.4) is 0 Å². The third-order valence-electron chi connectivity index (χ3n) is 3.42. The number of carboxylic acids is 1. The molecule has 0 saturated heterocycles. The molecule has 1 aromatic heterocycles. The monoisotopic (exact) mass is 323 g/mol. The van der Waals surface area contributed by atoms with Crippen LogP contribution in [0.1, 0.15) is 33.8 Å². The predicted octanol–water partition coefficient (Wildman–Crippen LogP) is 3.70. The number of benzene rings is 1. The number of carboxylic acid groups (broad SMARTS) is 1. The van der Waals surface area contributed by atoms with Crippen LogP contribution in [-0.4, -0.2) is 16.1 Å². The molecule has 0 atom stereocenters. The Balaban J connectivity index is 1.97. The molecule has 1 aromatic carbocycles. The molecule has 0 bridgehead atoms. The van der Waals surface area contributed by atoms with E-state index in [0.29, 0.717) is 16.5 Å². The number of aromatic carboxylic acids is 1. The van der Waals surface area contributed by atoms with Crippen molar-refractivity contribution in [3.63, 3.8) is 0 Å². The van der Waals surface area contributed by atoms with Gasteiger partial charge in [-0.3, -0.25) is 0 Å². The van der Waals surface area contributed by atoms with Gasteiger partial charge in [0.25, 0.3) is 0 Å². The van der Waals surface area contributed by atoms with Crippen molar-refractivity contribution in [3.05, 3.63) is 33.3 Å². The molecular weight excluding hydrogens is 310 g/mol. The number of fused-ring (bicyclic) bond motifs is 1. The summed E-state index contributed by atoms with van der Waals surface area (Å²) in [5, 5.41) is 13.3. The lowest BCUT2D eigenvalue weighted by atomic mass is 10.0. The van der Waals surface area contributed by atoms with Crippen LogP contribution in [0.15, 0.2) is 12.1 Å². The minimum absolute atomic E-state index is 0.0492. The summed E-state index contributed by atoms with van der Waals surface area (Å²) in [7, 11) is 0. The average Bonchev–Trinajstić information content (AvgIpc) is 2.83. The highest BCUT2D eigenvalue weighted by molar-refractivity contribution is 7.15. The maximum absolute atomic E-state index is 11.3. The smallest absolute Gasteiger partial charge is 0.337 e. The second kappa shape index (κ2) is 5.54. The van der Waals surface area contributed by atoms with E-state index in [-0.39, 0.29) is 10.6 Å². The Hall–Kier alpha value is -1.79. The van der Waals surface area contributed by atoms with Crippen molar-refractivity contribution in [2.45, 2.75) is 25.7 Å². The Bertz CT molecular complexity index is 691. The van der Waals surface area contributed by atoms with Gasteiger partial charge >= 0.3 is 5.97 Å². The molecule has 0 spiro atoms. The molecule has 0 unspecified atom stereocenters. The minimum atomic E-state index is -1.08. The van der Waals surface area contributed by atoms with Gasteiger partial charge in [-0.15, -0.1) is 11.3 Å². The van der Waals surface area contributed by atoms with E-state index in [2.05, 4.69) is 10.3 Å². The summed E-state index contributed by atoms with van der Waals surface area (Å²) in [5.74, 6) is -1.08. The molecule has 3 rings (SSSR count). The predicted molar refractivity (Wildman–Crippen MR) is 84.9 cm³/mol. The lowest BCUT2D eigenvalue weighted by Gasteiger charge is -2.10. The summed E-state index contributed by atoms with van der Waals surface area (Å²) in [5.41, 5.74) is 7.47. The summed E-state index contributed by atoms with van der Waals surface area (Å²) < 4.78 is 0. The minimum Gasteiger partial charge on any atom is -0.478 e. The number of aryl methyl sites for hydroxylation is 2. The van der Waals surface area contributed by atoms with Crippen LogP contribution in [0.25, 0.3) is 0 Å². The molecule has 21 heavy (non-hydrogen) atoms. The Morgan fingerprint density at radius 3 is 2.86 bits per heavy atom.